The molecular formula is C30H27N3O3. The summed E-state index contributed by atoms with van der Waals surface area (Å²) in [4.78, 5) is 31.0. The number of aromatic nitrogens is 1. The number of anilines is 1. The van der Waals surface area contributed by atoms with Gasteiger partial charge in [0.15, 0.2) is 0 Å². The fourth-order valence-electron chi connectivity index (χ4n) is 4.78. The van der Waals surface area contributed by atoms with Gasteiger partial charge in [-0.15, -0.1) is 0 Å². The molecule has 0 saturated heterocycles. The van der Waals surface area contributed by atoms with Gasteiger partial charge in [-0.05, 0) is 78.4 Å². The molecule has 36 heavy (non-hydrogen) atoms. The van der Waals surface area contributed by atoms with E-state index in [9.17, 15) is 9.59 Å². The number of hydrogen-bond acceptors (Lipinski definition) is 4. The molecule has 0 spiro atoms. The molecule has 0 fully saturated rings. The largest absolute Gasteiger partial charge is 0.497 e. The van der Waals surface area contributed by atoms with Crippen molar-refractivity contribution in [3.63, 3.8) is 0 Å². The van der Waals surface area contributed by atoms with Crippen molar-refractivity contribution in [2.45, 2.75) is 19.8 Å². The van der Waals surface area contributed by atoms with Crippen molar-refractivity contribution >= 4 is 40.1 Å². The van der Waals surface area contributed by atoms with Gasteiger partial charge in [-0.3, -0.25) is 9.59 Å². The highest BCUT2D eigenvalue weighted by Crippen LogP contribution is 2.38. The molecule has 2 N–H and O–H groups in total. The van der Waals surface area contributed by atoms with Crippen molar-refractivity contribution < 1.29 is 14.3 Å². The number of hydrogen-bond donors (Lipinski definition) is 2. The van der Waals surface area contributed by atoms with Crippen molar-refractivity contribution in [1.82, 2.24) is 10.3 Å². The van der Waals surface area contributed by atoms with Crippen LogP contribution in [0.25, 0.3) is 22.6 Å². The van der Waals surface area contributed by atoms with Crippen LogP contribution in [0, 0.1) is 6.92 Å². The molecule has 0 unspecified atom stereocenters. The lowest BCUT2D eigenvalue weighted by Crippen LogP contribution is -2.21. The molecule has 5 rings (SSSR count). The number of pyridine rings is 1. The second kappa shape index (κ2) is 9.66. The Bertz CT molecular complexity index is 1520. The van der Waals surface area contributed by atoms with Crippen molar-refractivity contribution in [1.29, 1.82) is 0 Å². The first-order valence-corrected chi connectivity index (χ1v) is 11.9. The van der Waals surface area contributed by atoms with E-state index in [2.05, 4.69) is 16.7 Å². The van der Waals surface area contributed by atoms with Crippen LogP contribution in [0.4, 0.5) is 5.69 Å². The fourth-order valence-corrected chi connectivity index (χ4v) is 4.78. The number of allylic oxidation sites excluding steroid dienone is 1. The maximum absolute atomic E-state index is 13.8. The van der Waals surface area contributed by atoms with E-state index in [1.165, 1.54) is 0 Å². The molecular weight excluding hydrogens is 450 g/mol. The van der Waals surface area contributed by atoms with E-state index in [0.717, 1.165) is 57.5 Å². The van der Waals surface area contributed by atoms with E-state index in [1.54, 1.807) is 26.3 Å². The van der Waals surface area contributed by atoms with E-state index < -0.39 is 0 Å². The average molecular weight is 478 g/mol. The van der Waals surface area contributed by atoms with Gasteiger partial charge in [0.1, 0.15) is 5.75 Å². The molecule has 1 aliphatic carbocycles. The first-order valence-electron chi connectivity index (χ1n) is 11.9. The van der Waals surface area contributed by atoms with Crippen LogP contribution in [-0.2, 0) is 6.42 Å². The van der Waals surface area contributed by atoms with Gasteiger partial charge in [-0.25, -0.2) is 4.98 Å². The van der Waals surface area contributed by atoms with Crippen LogP contribution in [0.5, 0.6) is 5.75 Å². The second-order valence-electron chi connectivity index (χ2n) is 8.79. The minimum Gasteiger partial charge on any atom is -0.497 e. The highest BCUT2D eigenvalue weighted by Gasteiger charge is 2.27. The van der Waals surface area contributed by atoms with Gasteiger partial charge >= 0.3 is 0 Å². The summed E-state index contributed by atoms with van der Waals surface area (Å²) in [5.74, 6) is 0.419. The summed E-state index contributed by atoms with van der Waals surface area (Å²) < 4.78 is 5.27. The Morgan fingerprint density at radius 1 is 0.944 bits per heavy atom. The summed E-state index contributed by atoms with van der Waals surface area (Å²) >= 11 is 0. The van der Waals surface area contributed by atoms with Gasteiger partial charge in [0.05, 0.1) is 23.9 Å². The number of amides is 2. The molecule has 1 aliphatic rings. The predicted molar refractivity (Wildman–Crippen MR) is 143 cm³/mol. The summed E-state index contributed by atoms with van der Waals surface area (Å²) in [5, 5.41) is 6.53. The fraction of sp³-hybridized carbons (Fsp3) is 0.167. The third-order valence-electron chi connectivity index (χ3n) is 6.68. The summed E-state index contributed by atoms with van der Waals surface area (Å²) in [6, 6.07) is 21.0. The molecule has 1 heterocycles. The number of benzene rings is 3. The number of nitrogens with zero attached hydrogens (tertiary/aromatic N) is 1. The van der Waals surface area contributed by atoms with Crippen LogP contribution in [0.15, 0.2) is 66.7 Å². The summed E-state index contributed by atoms with van der Waals surface area (Å²) in [6.45, 7) is 1.84. The minimum atomic E-state index is -0.201. The smallest absolute Gasteiger partial charge is 0.256 e. The van der Waals surface area contributed by atoms with E-state index in [4.69, 9.17) is 9.72 Å². The zero-order valence-electron chi connectivity index (χ0n) is 20.5. The Hall–Kier alpha value is -4.45. The maximum Gasteiger partial charge on any atom is 0.256 e. The number of rotatable bonds is 5. The summed E-state index contributed by atoms with van der Waals surface area (Å²) in [5.41, 5.74) is 7.26. The van der Waals surface area contributed by atoms with Crippen LogP contribution in [-0.4, -0.2) is 31.0 Å². The zero-order chi connectivity index (χ0) is 25.2. The molecule has 6 nitrogen and oxygen atoms in total. The molecule has 1 aromatic heterocycles. The highest BCUT2D eigenvalue weighted by atomic mass is 16.5. The number of para-hydroxylation sites is 1. The van der Waals surface area contributed by atoms with Gasteiger partial charge in [0.2, 0.25) is 0 Å². The lowest BCUT2D eigenvalue weighted by Gasteiger charge is -2.15. The quantitative estimate of drug-likeness (QED) is 0.389. The molecule has 4 aromatic rings. The third-order valence-corrected chi connectivity index (χ3v) is 6.68. The van der Waals surface area contributed by atoms with Crippen molar-refractivity contribution in [2.75, 3.05) is 19.5 Å². The maximum atomic E-state index is 13.8. The van der Waals surface area contributed by atoms with E-state index in [0.29, 0.717) is 16.8 Å². The topological polar surface area (TPSA) is 80.3 Å². The van der Waals surface area contributed by atoms with Gasteiger partial charge in [0, 0.05) is 23.7 Å². The Morgan fingerprint density at radius 2 is 1.72 bits per heavy atom. The van der Waals surface area contributed by atoms with Crippen LogP contribution in [0.2, 0.25) is 0 Å². The van der Waals surface area contributed by atoms with Crippen LogP contribution < -0.4 is 15.4 Å². The number of fused-ring (bicyclic) bond motifs is 2. The molecule has 0 aliphatic heterocycles. The standard InChI is InChI=1S/C30H27N3O3/c1-18-22(29(34)31-2)8-6-10-25(18)33-30(35)27-23-7-4-5-9-26(23)32-28-20(13-16-24(27)28)17-19-11-14-21(36-3)15-12-19/h4-12,14-15,17H,13,16H2,1-3H3,(H,31,34)(H,33,35)/b20-17+. The first-order chi connectivity index (χ1) is 17.5. The molecule has 180 valence electrons. The van der Waals surface area contributed by atoms with Crippen LogP contribution >= 0.6 is 0 Å². The zero-order valence-corrected chi connectivity index (χ0v) is 20.5. The number of ether oxygens (including phenoxy) is 1. The number of carbonyl (C=O) groups excluding carboxylic acids is 2. The molecule has 0 radical (unpaired) electrons. The molecule has 0 atom stereocenters. The first kappa shape index (κ1) is 23.3. The molecule has 3 aromatic carbocycles. The second-order valence-corrected chi connectivity index (χ2v) is 8.79. The lowest BCUT2D eigenvalue weighted by atomic mass is 9.99. The van der Waals surface area contributed by atoms with Crippen molar-refractivity contribution in [3.8, 4) is 5.75 Å². The Morgan fingerprint density at radius 3 is 2.47 bits per heavy atom. The Kier molecular flexibility index (Phi) is 6.25. The van der Waals surface area contributed by atoms with Crippen molar-refractivity contribution in [2.24, 2.45) is 0 Å². The summed E-state index contributed by atoms with van der Waals surface area (Å²) in [6.07, 6.45) is 3.66. The monoisotopic (exact) mass is 477 g/mol. The molecule has 0 bridgehead atoms. The Labute approximate surface area is 210 Å². The van der Waals surface area contributed by atoms with Gasteiger partial charge in [-0.1, -0.05) is 36.4 Å². The molecule has 0 saturated carbocycles. The highest BCUT2D eigenvalue weighted by molar-refractivity contribution is 6.15. The average Bonchev–Trinajstić information content (AvgIpc) is 3.30. The minimum absolute atomic E-state index is 0.188. The van der Waals surface area contributed by atoms with Gasteiger partial charge in [-0.2, -0.15) is 0 Å². The van der Waals surface area contributed by atoms with Crippen molar-refractivity contribution in [3.05, 3.63) is 100 Å². The van der Waals surface area contributed by atoms with Crippen LogP contribution in [0.3, 0.4) is 0 Å². The number of methoxy groups -OCH3 is 1. The Balaban J connectivity index is 1.58. The van der Waals surface area contributed by atoms with Crippen LogP contribution in [0.1, 0.15) is 49.5 Å². The predicted octanol–water partition coefficient (Wildman–Crippen LogP) is 5.65. The normalized spacial score (nSPS) is 13.5. The third kappa shape index (κ3) is 4.22. The van der Waals surface area contributed by atoms with E-state index in [-0.39, 0.29) is 11.8 Å². The van der Waals surface area contributed by atoms with E-state index in [1.807, 2.05) is 61.5 Å². The molecule has 2 amide bonds. The number of nitrogens with one attached hydrogen (secondary N) is 2. The van der Waals surface area contributed by atoms with Gasteiger partial charge in [0.25, 0.3) is 11.8 Å². The number of carbonyl (C=O) groups is 2. The lowest BCUT2D eigenvalue weighted by molar-refractivity contribution is 0.0960. The van der Waals surface area contributed by atoms with E-state index >= 15 is 0 Å². The SMILES string of the molecule is CNC(=O)c1cccc(NC(=O)c2c3c(nc4ccccc24)/C(=C/c2ccc(OC)cc2)CC3)c1C. The van der Waals surface area contributed by atoms with Gasteiger partial charge < -0.3 is 15.4 Å². The molecule has 6 heteroatoms. The summed E-state index contributed by atoms with van der Waals surface area (Å²) in [7, 11) is 3.25.